The van der Waals surface area contributed by atoms with E-state index in [0.29, 0.717) is 23.0 Å². The van der Waals surface area contributed by atoms with Crippen molar-refractivity contribution in [3.05, 3.63) is 28.8 Å². The summed E-state index contributed by atoms with van der Waals surface area (Å²) < 4.78 is 27.7. The van der Waals surface area contributed by atoms with Crippen LogP contribution in [0.1, 0.15) is 25.3 Å². The van der Waals surface area contributed by atoms with Crippen molar-refractivity contribution in [2.75, 3.05) is 6.54 Å². The lowest BCUT2D eigenvalue weighted by Gasteiger charge is -2.29. The molecular weight excluding hydrogens is 284 g/mol. The fourth-order valence-electron chi connectivity index (χ4n) is 2.29. The van der Waals surface area contributed by atoms with Crippen molar-refractivity contribution in [3.8, 4) is 0 Å². The molecule has 0 aromatic heterocycles. The standard InChI is InChI=1S/C13H19ClN2O2S/c1-9-7-11(14)5-6-12(9)19(17,18)16-13(2,8-15)10-3-4-10/h5-7,10,16H,3-4,8,15H2,1-2H3. The fourth-order valence-corrected chi connectivity index (χ4v) is 4.22. The first kappa shape index (κ1) is 14.8. The molecule has 1 atom stereocenters. The molecular formula is C13H19ClN2O2S. The van der Waals surface area contributed by atoms with Gasteiger partial charge in [-0.25, -0.2) is 13.1 Å². The Morgan fingerprint density at radius 3 is 2.58 bits per heavy atom. The largest absolute Gasteiger partial charge is 0.329 e. The van der Waals surface area contributed by atoms with Gasteiger partial charge >= 0.3 is 0 Å². The van der Waals surface area contributed by atoms with Gasteiger partial charge in [-0.1, -0.05) is 11.6 Å². The maximum absolute atomic E-state index is 12.5. The molecule has 4 nitrogen and oxygen atoms in total. The van der Waals surface area contributed by atoms with Gasteiger partial charge in [0.15, 0.2) is 0 Å². The summed E-state index contributed by atoms with van der Waals surface area (Å²) in [5, 5.41) is 0.528. The molecule has 1 aromatic rings. The van der Waals surface area contributed by atoms with E-state index in [4.69, 9.17) is 17.3 Å². The number of benzene rings is 1. The molecule has 0 aliphatic heterocycles. The van der Waals surface area contributed by atoms with Gasteiger partial charge in [0.25, 0.3) is 0 Å². The SMILES string of the molecule is Cc1cc(Cl)ccc1S(=O)(=O)NC(C)(CN)C1CC1. The first-order valence-corrected chi connectivity index (χ1v) is 8.15. The summed E-state index contributed by atoms with van der Waals surface area (Å²) in [6, 6.07) is 4.76. The minimum atomic E-state index is -3.57. The Morgan fingerprint density at radius 2 is 2.11 bits per heavy atom. The van der Waals surface area contributed by atoms with E-state index in [9.17, 15) is 8.42 Å². The molecule has 0 heterocycles. The van der Waals surface area contributed by atoms with E-state index in [1.807, 2.05) is 6.92 Å². The lowest BCUT2D eigenvalue weighted by atomic mass is 9.98. The Labute approximate surface area is 119 Å². The second-order valence-electron chi connectivity index (χ2n) is 5.41. The van der Waals surface area contributed by atoms with Crippen LogP contribution in [0.15, 0.2) is 23.1 Å². The fraction of sp³-hybridized carbons (Fsp3) is 0.538. The zero-order valence-electron chi connectivity index (χ0n) is 11.1. The molecule has 0 spiro atoms. The summed E-state index contributed by atoms with van der Waals surface area (Å²) in [6.07, 6.45) is 2.05. The summed E-state index contributed by atoms with van der Waals surface area (Å²) in [7, 11) is -3.57. The van der Waals surface area contributed by atoms with Crippen LogP contribution in [0.2, 0.25) is 5.02 Å². The molecule has 1 aliphatic carbocycles. The van der Waals surface area contributed by atoms with Gasteiger partial charge in [0.1, 0.15) is 0 Å². The molecule has 19 heavy (non-hydrogen) atoms. The predicted molar refractivity (Wildman–Crippen MR) is 76.7 cm³/mol. The number of hydrogen-bond acceptors (Lipinski definition) is 3. The molecule has 0 radical (unpaired) electrons. The maximum atomic E-state index is 12.5. The van der Waals surface area contributed by atoms with Crippen LogP contribution in [-0.2, 0) is 10.0 Å². The minimum Gasteiger partial charge on any atom is -0.329 e. The van der Waals surface area contributed by atoms with E-state index in [2.05, 4.69) is 4.72 Å². The summed E-state index contributed by atoms with van der Waals surface area (Å²) >= 11 is 5.85. The van der Waals surface area contributed by atoms with Crippen molar-refractivity contribution in [1.82, 2.24) is 4.72 Å². The Balaban J connectivity index is 2.32. The molecule has 2 rings (SSSR count). The zero-order valence-corrected chi connectivity index (χ0v) is 12.7. The molecule has 0 saturated heterocycles. The van der Waals surface area contributed by atoms with E-state index in [1.54, 1.807) is 19.1 Å². The van der Waals surface area contributed by atoms with Gasteiger partial charge in [0.05, 0.1) is 4.90 Å². The average molecular weight is 303 g/mol. The van der Waals surface area contributed by atoms with E-state index >= 15 is 0 Å². The number of nitrogens with one attached hydrogen (secondary N) is 1. The van der Waals surface area contributed by atoms with Gasteiger partial charge in [0.2, 0.25) is 10.0 Å². The Hall–Kier alpha value is -0.620. The molecule has 106 valence electrons. The second kappa shape index (κ2) is 5.05. The van der Waals surface area contributed by atoms with Crippen molar-refractivity contribution in [2.45, 2.75) is 37.1 Å². The highest BCUT2D eigenvalue weighted by atomic mass is 35.5. The Bertz CT molecular complexity index is 584. The van der Waals surface area contributed by atoms with Crippen molar-refractivity contribution in [2.24, 2.45) is 11.7 Å². The molecule has 0 bridgehead atoms. The number of sulfonamides is 1. The van der Waals surface area contributed by atoms with Crippen LogP contribution in [0.4, 0.5) is 0 Å². The second-order valence-corrected chi connectivity index (χ2v) is 7.50. The number of aryl methyl sites for hydroxylation is 1. The smallest absolute Gasteiger partial charge is 0.241 e. The van der Waals surface area contributed by atoms with Gasteiger partial charge < -0.3 is 5.73 Å². The van der Waals surface area contributed by atoms with Crippen molar-refractivity contribution in [1.29, 1.82) is 0 Å². The highest BCUT2D eigenvalue weighted by Crippen LogP contribution is 2.39. The minimum absolute atomic E-state index is 0.261. The molecule has 1 aromatic carbocycles. The molecule has 6 heteroatoms. The first-order chi connectivity index (χ1) is 8.78. The molecule has 1 aliphatic rings. The third-order valence-electron chi connectivity index (χ3n) is 3.70. The quantitative estimate of drug-likeness (QED) is 0.874. The summed E-state index contributed by atoms with van der Waals surface area (Å²) in [5.41, 5.74) is 5.82. The average Bonchev–Trinajstić information content (AvgIpc) is 3.11. The van der Waals surface area contributed by atoms with Crippen LogP contribution in [0.25, 0.3) is 0 Å². The van der Waals surface area contributed by atoms with Gasteiger partial charge in [0, 0.05) is 17.1 Å². The van der Waals surface area contributed by atoms with Crippen LogP contribution in [0, 0.1) is 12.8 Å². The molecule has 0 amide bonds. The summed E-state index contributed by atoms with van der Waals surface area (Å²) in [5.74, 6) is 0.333. The highest BCUT2D eigenvalue weighted by Gasteiger charge is 2.43. The third kappa shape index (κ3) is 3.11. The van der Waals surface area contributed by atoms with Crippen molar-refractivity contribution in [3.63, 3.8) is 0 Å². The number of hydrogen-bond donors (Lipinski definition) is 2. The van der Waals surface area contributed by atoms with Crippen LogP contribution < -0.4 is 10.5 Å². The Kier molecular flexibility index (Phi) is 3.93. The zero-order chi connectivity index (χ0) is 14.3. The molecule has 1 fully saturated rings. The van der Waals surface area contributed by atoms with Gasteiger partial charge in [-0.05, 0) is 56.4 Å². The maximum Gasteiger partial charge on any atom is 0.241 e. The van der Waals surface area contributed by atoms with E-state index in [1.165, 1.54) is 6.07 Å². The monoisotopic (exact) mass is 302 g/mol. The van der Waals surface area contributed by atoms with Gasteiger partial charge in [-0.15, -0.1) is 0 Å². The third-order valence-corrected chi connectivity index (χ3v) is 5.70. The van der Waals surface area contributed by atoms with Gasteiger partial charge in [-0.2, -0.15) is 0 Å². The highest BCUT2D eigenvalue weighted by molar-refractivity contribution is 7.89. The van der Waals surface area contributed by atoms with E-state index in [0.717, 1.165) is 12.8 Å². The van der Waals surface area contributed by atoms with Crippen LogP contribution in [0.3, 0.4) is 0 Å². The summed E-state index contributed by atoms with van der Waals surface area (Å²) in [6.45, 7) is 3.90. The van der Waals surface area contributed by atoms with Crippen LogP contribution in [0.5, 0.6) is 0 Å². The molecule has 3 N–H and O–H groups in total. The predicted octanol–water partition coefficient (Wildman–Crippen LogP) is 2.05. The van der Waals surface area contributed by atoms with Crippen molar-refractivity contribution < 1.29 is 8.42 Å². The first-order valence-electron chi connectivity index (χ1n) is 6.29. The van der Waals surface area contributed by atoms with E-state index in [-0.39, 0.29) is 4.90 Å². The van der Waals surface area contributed by atoms with E-state index < -0.39 is 15.6 Å². The molecule has 1 saturated carbocycles. The van der Waals surface area contributed by atoms with Crippen LogP contribution in [-0.4, -0.2) is 20.5 Å². The normalized spacial score (nSPS) is 19.2. The van der Waals surface area contributed by atoms with Crippen molar-refractivity contribution >= 4 is 21.6 Å². The summed E-state index contributed by atoms with van der Waals surface area (Å²) in [4.78, 5) is 0.261. The Morgan fingerprint density at radius 1 is 1.47 bits per heavy atom. The number of nitrogens with two attached hydrogens (primary N) is 1. The molecule has 1 unspecified atom stereocenters. The lowest BCUT2D eigenvalue weighted by Crippen LogP contribution is -2.53. The van der Waals surface area contributed by atoms with Gasteiger partial charge in [-0.3, -0.25) is 0 Å². The number of halogens is 1. The number of rotatable bonds is 5. The van der Waals surface area contributed by atoms with Crippen LogP contribution >= 0.6 is 11.6 Å². The topological polar surface area (TPSA) is 72.2 Å². The lowest BCUT2D eigenvalue weighted by molar-refractivity contribution is 0.374.